The zero-order valence-electron chi connectivity index (χ0n) is 19.2. The third kappa shape index (κ3) is 4.07. The van der Waals surface area contributed by atoms with Gasteiger partial charge >= 0.3 is 0 Å². The molecular formula is C31H22BrN3. The first-order valence-corrected chi connectivity index (χ1v) is 12.3. The largest absolute Gasteiger partial charge is 0.261 e. The number of halogens is 1. The summed E-state index contributed by atoms with van der Waals surface area (Å²) < 4.78 is 1.03. The van der Waals surface area contributed by atoms with Crippen molar-refractivity contribution >= 4 is 59.9 Å². The number of fused-ring (bicyclic) bond motifs is 3. The molecular weight excluding hydrogens is 494 g/mol. The molecule has 0 spiro atoms. The zero-order chi connectivity index (χ0) is 23.8. The van der Waals surface area contributed by atoms with Crippen LogP contribution in [0.5, 0.6) is 0 Å². The van der Waals surface area contributed by atoms with E-state index in [0.29, 0.717) is 5.82 Å². The Morgan fingerprint density at radius 2 is 1.37 bits per heavy atom. The molecule has 0 radical (unpaired) electrons. The van der Waals surface area contributed by atoms with Crippen molar-refractivity contribution in [2.75, 3.05) is 5.43 Å². The number of hydrazone groups is 1. The summed E-state index contributed by atoms with van der Waals surface area (Å²) >= 11 is 3.61. The van der Waals surface area contributed by atoms with E-state index in [-0.39, 0.29) is 0 Å². The van der Waals surface area contributed by atoms with Gasteiger partial charge in [-0.2, -0.15) is 5.10 Å². The van der Waals surface area contributed by atoms with Crippen molar-refractivity contribution < 1.29 is 0 Å². The lowest BCUT2D eigenvalue weighted by atomic mass is 9.94. The topological polar surface area (TPSA) is 37.3 Å². The Morgan fingerprint density at radius 3 is 2.09 bits per heavy atom. The molecule has 3 nitrogen and oxygen atoms in total. The number of pyridine rings is 1. The van der Waals surface area contributed by atoms with Crippen LogP contribution < -0.4 is 5.43 Å². The molecule has 1 N–H and O–H groups in total. The van der Waals surface area contributed by atoms with Crippen molar-refractivity contribution in [1.29, 1.82) is 0 Å². The minimum Gasteiger partial charge on any atom is -0.261 e. The lowest BCUT2D eigenvalue weighted by Crippen LogP contribution is -2.03. The molecule has 0 aliphatic rings. The monoisotopic (exact) mass is 515 g/mol. The van der Waals surface area contributed by atoms with E-state index >= 15 is 0 Å². The van der Waals surface area contributed by atoms with Gasteiger partial charge in [0.1, 0.15) is 5.82 Å². The van der Waals surface area contributed by atoms with Gasteiger partial charge < -0.3 is 0 Å². The number of nitrogens with one attached hydrogen (secondary N) is 1. The van der Waals surface area contributed by atoms with Gasteiger partial charge in [-0.1, -0.05) is 94.8 Å². The van der Waals surface area contributed by atoms with Crippen LogP contribution >= 0.6 is 15.9 Å². The Bertz CT molecular complexity index is 1690. The molecule has 1 heterocycles. The van der Waals surface area contributed by atoms with Crippen molar-refractivity contribution in [3.63, 3.8) is 0 Å². The van der Waals surface area contributed by atoms with Crippen LogP contribution in [0.25, 0.3) is 43.6 Å². The molecule has 0 amide bonds. The van der Waals surface area contributed by atoms with Crippen LogP contribution in [0.15, 0.2) is 119 Å². The molecule has 0 bridgehead atoms. The number of nitrogens with zero attached hydrogens (tertiary/aromatic N) is 2. The predicted molar refractivity (Wildman–Crippen MR) is 152 cm³/mol. The molecule has 6 aromatic rings. The van der Waals surface area contributed by atoms with Crippen LogP contribution in [0, 0.1) is 0 Å². The Balaban J connectivity index is 1.48. The van der Waals surface area contributed by atoms with Crippen LogP contribution in [0.3, 0.4) is 0 Å². The van der Waals surface area contributed by atoms with Crippen molar-refractivity contribution in [3.8, 4) is 11.1 Å². The van der Waals surface area contributed by atoms with Gasteiger partial charge in [-0.25, -0.2) is 4.98 Å². The van der Waals surface area contributed by atoms with E-state index in [2.05, 4.69) is 119 Å². The SMILES string of the molecule is CC(=NNc1cc(-c2ccccc2)c2cc(Br)ccc2n1)c1c2ccccc2cc2ccccc12. The van der Waals surface area contributed by atoms with Crippen LogP contribution in [0.4, 0.5) is 5.82 Å². The average Bonchev–Trinajstić information content (AvgIpc) is 2.90. The molecule has 0 saturated heterocycles. The number of rotatable bonds is 4. The first-order chi connectivity index (χ1) is 17.2. The van der Waals surface area contributed by atoms with Gasteiger partial charge in [0.15, 0.2) is 0 Å². The minimum atomic E-state index is 0.711. The molecule has 0 fully saturated rings. The van der Waals surface area contributed by atoms with Gasteiger partial charge in [-0.05, 0) is 69.9 Å². The minimum absolute atomic E-state index is 0.711. The Kier molecular flexibility index (Phi) is 5.51. The van der Waals surface area contributed by atoms with Crippen LogP contribution in [0.1, 0.15) is 12.5 Å². The van der Waals surface area contributed by atoms with E-state index in [1.165, 1.54) is 21.5 Å². The summed E-state index contributed by atoms with van der Waals surface area (Å²) in [7, 11) is 0. The van der Waals surface area contributed by atoms with Gasteiger partial charge in [0.25, 0.3) is 0 Å². The van der Waals surface area contributed by atoms with E-state index in [9.17, 15) is 0 Å². The van der Waals surface area contributed by atoms with Crippen molar-refractivity contribution in [3.05, 3.63) is 119 Å². The normalized spacial score (nSPS) is 11.9. The summed E-state index contributed by atoms with van der Waals surface area (Å²) in [6, 6.07) is 37.8. The van der Waals surface area contributed by atoms with Gasteiger partial charge in [0, 0.05) is 15.4 Å². The maximum absolute atomic E-state index is 4.85. The van der Waals surface area contributed by atoms with Crippen LogP contribution in [-0.2, 0) is 0 Å². The number of anilines is 1. The van der Waals surface area contributed by atoms with E-state index < -0.39 is 0 Å². The maximum Gasteiger partial charge on any atom is 0.147 e. The summed E-state index contributed by atoms with van der Waals surface area (Å²) in [6.07, 6.45) is 0. The van der Waals surface area contributed by atoms with Gasteiger partial charge in [0.05, 0.1) is 11.2 Å². The van der Waals surface area contributed by atoms with Crippen molar-refractivity contribution in [2.45, 2.75) is 6.92 Å². The van der Waals surface area contributed by atoms with Crippen LogP contribution in [-0.4, -0.2) is 10.7 Å². The van der Waals surface area contributed by atoms with E-state index in [4.69, 9.17) is 10.1 Å². The highest BCUT2D eigenvalue weighted by Crippen LogP contribution is 2.33. The summed E-state index contributed by atoms with van der Waals surface area (Å²) in [4.78, 5) is 4.85. The molecule has 0 unspecified atom stereocenters. The fraction of sp³-hybridized carbons (Fsp3) is 0.0323. The van der Waals surface area contributed by atoms with Gasteiger partial charge in [-0.3, -0.25) is 5.43 Å². The van der Waals surface area contributed by atoms with Crippen molar-refractivity contribution in [1.82, 2.24) is 4.98 Å². The number of aromatic nitrogens is 1. The molecule has 0 aliphatic carbocycles. The quantitative estimate of drug-likeness (QED) is 0.144. The average molecular weight is 516 g/mol. The molecule has 0 atom stereocenters. The maximum atomic E-state index is 4.85. The molecule has 0 saturated carbocycles. The number of hydrogen-bond donors (Lipinski definition) is 1. The summed E-state index contributed by atoms with van der Waals surface area (Å²) in [5, 5.41) is 10.7. The van der Waals surface area contributed by atoms with Crippen molar-refractivity contribution in [2.24, 2.45) is 5.10 Å². The second-order valence-electron chi connectivity index (χ2n) is 8.59. The van der Waals surface area contributed by atoms with Crippen LogP contribution in [0.2, 0.25) is 0 Å². The van der Waals surface area contributed by atoms with Gasteiger partial charge in [0.2, 0.25) is 0 Å². The second kappa shape index (κ2) is 8.97. The van der Waals surface area contributed by atoms with E-state index in [1.54, 1.807) is 0 Å². The molecule has 1 aromatic heterocycles. The Hall–Kier alpha value is -4.02. The Morgan fingerprint density at radius 1 is 0.714 bits per heavy atom. The zero-order valence-corrected chi connectivity index (χ0v) is 20.8. The second-order valence-corrected chi connectivity index (χ2v) is 9.50. The smallest absolute Gasteiger partial charge is 0.147 e. The molecule has 35 heavy (non-hydrogen) atoms. The third-order valence-electron chi connectivity index (χ3n) is 6.33. The first kappa shape index (κ1) is 21.5. The van der Waals surface area contributed by atoms with E-state index in [0.717, 1.165) is 37.8 Å². The van der Waals surface area contributed by atoms with E-state index in [1.807, 2.05) is 18.2 Å². The summed E-state index contributed by atoms with van der Waals surface area (Å²) in [6.45, 7) is 2.05. The molecule has 4 heteroatoms. The molecule has 5 aromatic carbocycles. The standard InChI is InChI=1S/C31H22BrN3/c1-20(31-25-13-7-5-11-22(25)17-23-12-6-8-14-26(23)31)34-35-30-19-27(21-9-3-2-4-10-21)28-18-24(32)15-16-29(28)33-30/h2-19H,1H3,(H,33,35). The number of hydrogen-bond acceptors (Lipinski definition) is 3. The summed E-state index contributed by atoms with van der Waals surface area (Å²) in [5.41, 5.74) is 8.48. The highest BCUT2D eigenvalue weighted by Gasteiger charge is 2.12. The fourth-order valence-electron chi connectivity index (χ4n) is 4.71. The molecule has 6 rings (SSSR count). The van der Waals surface area contributed by atoms with Gasteiger partial charge in [-0.15, -0.1) is 0 Å². The number of benzene rings is 5. The highest BCUT2D eigenvalue weighted by molar-refractivity contribution is 9.10. The third-order valence-corrected chi connectivity index (χ3v) is 6.82. The summed E-state index contributed by atoms with van der Waals surface area (Å²) in [5.74, 6) is 0.711. The molecule has 168 valence electrons. The Labute approximate surface area is 212 Å². The predicted octanol–water partition coefficient (Wildman–Crippen LogP) is 8.81. The lowest BCUT2D eigenvalue weighted by molar-refractivity contribution is 1.25. The fourth-order valence-corrected chi connectivity index (χ4v) is 5.07. The first-order valence-electron chi connectivity index (χ1n) is 11.5. The highest BCUT2D eigenvalue weighted by atomic mass is 79.9. The lowest BCUT2D eigenvalue weighted by Gasteiger charge is -2.13. The molecule has 0 aliphatic heterocycles.